The first-order valence-electron chi connectivity index (χ1n) is 4.36. The monoisotopic (exact) mass is 213 g/mol. The number of rotatable bonds is 4. The number of hydrogen-bond donors (Lipinski definition) is 0. The lowest BCUT2D eigenvalue weighted by molar-refractivity contribution is -0.752. The fraction of sp³-hybridized carbons (Fsp3) is 0.500. The van der Waals surface area contributed by atoms with Crippen LogP contribution in [0.15, 0.2) is 15.7 Å². The van der Waals surface area contributed by atoms with E-state index in [0.717, 1.165) is 0 Å². The summed E-state index contributed by atoms with van der Waals surface area (Å²) in [4.78, 5) is 14.5. The number of esters is 1. The highest BCUT2D eigenvalue weighted by Crippen LogP contribution is 2.04. The van der Waals surface area contributed by atoms with Crippen LogP contribution in [0.3, 0.4) is 0 Å². The number of nitrogens with zero attached hydrogens (tertiary/aromatic N) is 3. The van der Waals surface area contributed by atoms with Gasteiger partial charge < -0.3 is 9.84 Å². The maximum Gasteiger partial charge on any atom is 0.375 e. The van der Waals surface area contributed by atoms with Gasteiger partial charge in [-0.05, 0) is 24.4 Å². The Labute approximate surface area is 85.9 Å². The summed E-state index contributed by atoms with van der Waals surface area (Å²) in [6.45, 7) is 3.24. The first kappa shape index (κ1) is 11.2. The molecule has 1 aromatic heterocycles. The van der Waals surface area contributed by atoms with Gasteiger partial charge in [0.05, 0.1) is 6.61 Å². The molecule has 0 saturated carbocycles. The van der Waals surface area contributed by atoms with E-state index in [1.54, 1.807) is 6.92 Å². The first-order valence-corrected chi connectivity index (χ1v) is 4.36. The van der Waals surface area contributed by atoms with Gasteiger partial charge in [-0.3, -0.25) is 4.52 Å². The van der Waals surface area contributed by atoms with E-state index in [2.05, 4.69) is 14.8 Å². The quantitative estimate of drug-likeness (QED) is 0.275. The average Bonchev–Trinajstić information content (AvgIpc) is 2.51. The molecule has 15 heavy (non-hydrogen) atoms. The molecule has 0 atom stereocenters. The minimum absolute atomic E-state index is 0.0619. The van der Waals surface area contributed by atoms with Crippen molar-refractivity contribution >= 4 is 17.8 Å². The lowest BCUT2D eigenvalue weighted by atomic mass is 10.6. The maximum atomic E-state index is 11.0. The molecule has 0 unspecified atom stereocenters. The van der Waals surface area contributed by atoms with Crippen LogP contribution in [-0.4, -0.2) is 23.7 Å². The molecule has 7 heteroatoms. The Hall–Kier alpha value is -1.92. The molecule has 0 amide bonds. The third-order valence-corrected chi connectivity index (χ3v) is 1.36. The van der Waals surface area contributed by atoms with Gasteiger partial charge >= 0.3 is 11.9 Å². The zero-order valence-electron chi connectivity index (χ0n) is 8.47. The number of carbonyl (C=O) groups is 1. The lowest BCUT2D eigenvalue weighted by Gasteiger charge is -1.95. The van der Waals surface area contributed by atoms with Crippen LogP contribution >= 0.6 is 0 Å². The van der Waals surface area contributed by atoms with E-state index in [-0.39, 0.29) is 12.4 Å². The van der Waals surface area contributed by atoms with Gasteiger partial charge in [0.2, 0.25) is 5.27 Å². The largest absolute Gasteiger partial charge is 0.862 e. The van der Waals surface area contributed by atoms with Gasteiger partial charge in [-0.2, -0.15) is 0 Å². The fourth-order valence-electron chi connectivity index (χ4n) is 0.887. The predicted octanol–water partition coefficient (Wildman–Crippen LogP) is -1.06. The summed E-state index contributed by atoms with van der Waals surface area (Å²) >= 11 is 0. The Kier molecular flexibility index (Phi) is 3.78. The van der Waals surface area contributed by atoms with Crippen LogP contribution in [0.1, 0.15) is 13.8 Å². The number of aliphatic imine (C=N–C) groups is 1. The normalized spacial score (nSPS) is 11.5. The predicted molar refractivity (Wildman–Crippen MR) is 46.1 cm³/mol. The summed E-state index contributed by atoms with van der Waals surface area (Å²) in [5, 5.41) is 14.1. The third-order valence-electron chi connectivity index (χ3n) is 1.36. The molecular formula is C8H11N3O4. The number of ether oxygens (including phenoxy) is 1. The molecular weight excluding hydrogens is 202 g/mol. The van der Waals surface area contributed by atoms with Crippen molar-refractivity contribution in [3.63, 3.8) is 0 Å². The molecule has 0 aliphatic heterocycles. The average molecular weight is 213 g/mol. The van der Waals surface area contributed by atoms with E-state index in [9.17, 15) is 9.90 Å². The standard InChI is InChI=1S/C8H11N3O4/c1-3-14-8(13)5-11-4-7(15-10-11)9-6(2)12/h4H,3,5H2,1-2H3. The molecule has 0 aromatic carbocycles. The minimum Gasteiger partial charge on any atom is -0.862 e. The molecule has 1 heterocycles. The van der Waals surface area contributed by atoms with Crippen LogP contribution in [0.2, 0.25) is 0 Å². The van der Waals surface area contributed by atoms with Gasteiger partial charge in [0, 0.05) is 0 Å². The molecule has 0 spiro atoms. The Balaban J connectivity index is 2.60. The van der Waals surface area contributed by atoms with Crippen LogP contribution in [0, 0.1) is 0 Å². The Morgan fingerprint density at radius 2 is 2.53 bits per heavy atom. The van der Waals surface area contributed by atoms with Gasteiger partial charge in [0.1, 0.15) is 0 Å². The lowest BCUT2D eigenvalue weighted by Crippen LogP contribution is -2.39. The molecule has 0 bridgehead atoms. The summed E-state index contributed by atoms with van der Waals surface area (Å²) in [6.07, 6.45) is 1.35. The van der Waals surface area contributed by atoms with Crippen molar-refractivity contribution in [2.45, 2.75) is 20.4 Å². The van der Waals surface area contributed by atoms with Crippen molar-refractivity contribution < 1.29 is 23.8 Å². The summed E-state index contributed by atoms with van der Waals surface area (Å²) < 4.78 is 10.6. The summed E-state index contributed by atoms with van der Waals surface area (Å²) in [5.74, 6) is -0.758. The van der Waals surface area contributed by atoms with Crippen molar-refractivity contribution in [2.24, 2.45) is 4.99 Å². The molecule has 0 radical (unpaired) electrons. The maximum absolute atomic E-state index is 11.0. The zero-order chi connectivity index (χ0) is 11.3. The molecule has 0 fully saturated rings. The topological polar surface area (TPSA) is 91.6 Å². The van der Waals surface area contributed by atoms with Crippen molar-refractivity contribution in [1.29, 1.82) is 0 Å². The molecule has 7 nitrogen and oxygen atoms in total. The highest BCUT2D eigenvalue weighted by atomic mass is 16.5. The molecule has 82 valence electrons. The van der Waals surface area contributed by atoms with Crippen LogP contribution in [0.5, 0.6) is 0 Å². The Bertz CT molecular complexity index is 368. The number of carbonyl (C=O) groups excluding carboxylic acids is 1. The van der Waals surface area contributed by atoms with Gasteiger partial charge in [-0.1, -0.05) is 0 Å². The Morgan fingerprint density at radius 1 is 1.80 bits per heavy atom. The summed E-state index contributed by atoms with van der Waals surface area (Å²) in [5.41, 5.74) is 0. The van der Waals surface area contributed by atoms with Crippen LogP contribution < -0.4 is 9.79 Å². The minimum atomic E-state index is -0.426. The summed E-state index contributed by atoms with van der Waals surface area (Å²) in [6, 6.07) is 0. The second kappa shape index (κ2) is 5.08. The van der Waals surface area contributed by atoms with E-state index < -0.39 is 11.9 Å². The van der Waals surface area contributed by atoms with Gasteiger partial charge in [0.15, 0.2) is 0 Å². The van der Waals surface area contributed by atoms with Gasteiger partial charge in [0.25, 0.3) is 12.7 Å². The van der Waals surface area contributed by atoms with Crippen molar-refractivity contribution in [2.75, 3.05) is 6.61 Å². The molecule has 1 rings (SSSR count). The van der Waals surface area contributed by atoms with Gasteiger partial charge in [-0.15, -0.1) is 0 Å². The van der Waals surface area contributed by atoms with Gasteiger partial charge in [-0.25, -0.2) is 9.79 Å². The number of hydrogen-bond acceptors (Lipinski definition) is 6. The fourth-order valence-corrected chi connectivity index (χ4v) is 0.887. The van der Waals surface area contributed by atoms with Crippen LogP contribution in [0.4, 0.5) is 5.88 Å². The second-order valence-electron chi connectivity index (χ2n) is 2.67. The van der Waals surface area contributed by atoms with E-state index in [0.29, 0.717) is 6.61 Å². The smallest absolute Gasteiger partial charge is 0.375 e. The van der Waals surface area contributed by atoms with Crippen molar-refractivity contribution in [1.82, 2.24) is 5.27 Å². The van der Waals surface area contributed by atoms with Crippen molar-refractivity contribution in [3.8, 4) is 0 Å². The molecule has 0 aliphatic rings. The Morgan fingerprint density at radius 3 is 3.13 bits per heavy atom. The van der Waals surface area contributed by atoms with E-state index in [4.69, 9.17) is 4.74 Å². The van der Waals surface area contributed by atoms with E-state index in [1.807, 2.05) is 0 Å². The molecule has 0 aliphatic carbocycles. The van der Waals surface area contributed by atoms with Crippen LogP contribution in [0.25, 0.3) is 0 Å². The van der Waals surface area contributed by atoms with Crippen LogP contribution in [-0.2, 0) is 16.1 Å². The molecule has 0 N–H and O–H groups in total. The van der Waals surface area contributed by atoms with E-state index in [1.165, 1.54) is 17.8 Å². The van der Waals surface area contributed by atoms with E-state index >= 15 is 0 Å². The third kappa shape index (κ3) is 3.75. The highest BCUT2D eigenvalue weighted by molar-refractivity contribution is 5.70. The first-order chi connectivity index (χ1) is 7.11. The zero-order valence-corrected chi connectivity index (χ0v) is 8.47. The molecule has 1 aromatic rings. The summed E-state index contributed by atoms with van der Waals surface area (Å²) in [7, 11) is 0. The SMILES string of the molecule is CCOC(=O)C[n+]1cc(N=C(C)[O-])on1. The highest BCUT2D eigenvalue weighted by Gasteiger charge is 2.16. The number of aromatic nitrogens is 2. The molecule has 0 saturated heterocycles. The second-order valence-corrected chi connectivity index (χ2v) is 2.67. The van der Waals surface area contributed by atoms with Crippen molar-refractivity contribution in [3.05, 3.63) is 6.20 Å².